The fourth-order valence-corrected chi connectivity index (χ4v) is 3.29. The molecule has 0 amide bonds. The predicted molar refractivity (Wildman–Crippen MR) is 81.6 cm³/mol. The van der Waals surface area contributed by atoms with Crippen LogP contribution >= 0.6 is 0 Å². The van der Waals surface area contributed by atoms with Crippen LogP contribution in [0.1, 0.15) is 25.7 Å². The second kappa shape index (κ2) is 4.89. The van der Waals surface area contributed by atoms with E-state index in [0.717, 1.165) is 12.8 Å². The van der Waals surface area contributed by atoms with Gasteiger partial charge < -0.3 is 15.2 Å². The molecule has 1 aromatic heterocycles. The first-order valence-corrected chi connectivity index (χ1v) is 7.19. The molecule has 0 saturated heterocycles. The van der Waals surface area contributed by atoms with Gasteiger partial charge in [-0.15, -0.1) is 0 Å². The van der Waals surface area contributed by atoms with Crippen molar-refractivity contribution in [1.82, 2.24) is 4.57 Å². The molecule has 0 unspecified atom stereocenters. The highest BCUT2D eigenvalue weighted by Crippen LogP contribution is 2.32. The summed E-state index contributed by atoms with van der Waals surface area (Å²) in [5, 5.41) is 1.35. The van der Waals surface area contributed by atoms with Crippen LogP contribution in [0.15, 0.2) is 30.5 Å². The zero-order chi connectivity index (χ0) is 13.4. The molecular formula is C16H23N3. The van der Waals surface area contributed by atoms with Crippen molar-refractivity contribution in [3.8, 4) is 0 Å². The van der Waals surface area contributed by atoms with Gasteiger partial charge in [0, 0.05) is 43.3 Å². The monoisotopic (exact) mass is 257 g/mol. The fourth-order valence-electron chi connectivity index (χ4n) is 3.29. The first kappa shape index (κ1) is 12.5. The lowest BCUT2D eigenvalue weighted by Crippen LogP contribution is -2.38. The van der Waals surface area contributed by atoms with Crippen molar-refractivity contribution < 1.29 is 0 Å². The summed E-state index contributed by atoms with van der Waals surface area (Å²) >= 11 is 0. The summed E-state index contributed by atoms with van der Waals surface area (Å²) in [4.78, 5) is 2.45. The minimum atomic E-state index is 0.414. The van der Waals surface area contributed by atoms with E-state index in [9.17, 15) is 0 Å². The summed E-state index contributed by atoms with van der Waals surface area (Å²) in [7, 11) is 4.35. The number of benzene rings is 1. The summed E-state index contributed by atoms with van der Waals surface area (Å²) in [6, 6.07) is 9.67. The van der Waals surface area contributed by atoms with Gasteiger partial charge in [0.25, 0.3) is 0 Å². The van der Waals surface area contributed by atoms with Gasteiger partial charge in [0.1, 0.15) is 0 Å². The molecular weight excluding hydrogens is 234 g/mol. The molecule has 19 heavy (non-hydrogen) atoms. The van der Waals surface area contributed by atoms with Crippen molar-refractivity contribution in [2.75, 3.05) is 11.9 Å². The van der Waals surface area contributed by atoms with E-state index in [0.29, 0.717) is 12.1 Å². The average Bonchev–Trinajstić information content (AvgIpc) is 2.77. The van der Waals surface area contributed by atoms with Gasteiger partial charge in [0.05, 0.1) is 5.69 Å². The molecule has 3 nitrogen and oxygen atoms in total. The number of rotatable bonds is 2. The van der Waals surface area contributed by atoms with Crippen LogP contribution in [-0.2, 0) is 7.05 Å². The number of anilines is 1. The van der Waals surface area contributed by atoms with Crippen molar-refractivity contribution in [3.63, 3.8) is 0 Å². The molecule has 1 heterocycles. The summed E-state index contributed by atoms with van der Waals surface area (Å²) in [6.45, 7) is 0. The molecule has 2 N–H and O–H groups in total. The number of hydrogen-bond acceptors (Lipinski definition) is 2. The van der Waals surface area contributed by atoms with Gasteiger partial charge >= 0.3 is 0 Å². The van der Waals surface area contributed by atoms with E-state index < -0.39 is 0 Å². The number of nitrogens with two attached hydrogens (primary N) is 1. The molecule has 1 fully saturated rings. The van der Waals surface area contributed by atoms with Crippen LogP contribution in [0.5, 0.6) is 0 Å². The molecule has 2 aromatic rings. The fraction of sp³-hybridized carbons (Fsp3) is 0.500. The first-order valence-electron chi connectivity index (χ1n) is 7.19. The molecule has 102 valence electrons. The van der Waals surface area contributed by atoms with Gasteiger partial charge in [-0.2, -0.15) is 0 Å². The quantitative estimate of drug-likeness (QED) is 0.897. The number of para-hydroxylation sites is 1. The van der Waals surface area contributed by atoms with E-state index in [1.54, 1.807) is 0 Å². The summed E-state index contributed by atoms with van der Waals surface area (Å²) in [6.07, 6.45) is 6.97. The van der Waals surface area contributed by atoms with E-state index in [1.165, 1.54) is 29.4 Å². The second-order valence-corrected chi connectivity index (χ2v) is 5.82. The SMILES string of the molecule is CN(c1cn(C)c2ccccc12)C1CCC(N)CC1. The molecule has 1 aliphatic rings. The predicted octanol–water partition coefficient (Wildman–Crippen LogP) is 2.88. The molecule has 3 heteroatoms. The van der Waals surface area contributed by atoms with Gasteiger partial charge in [-0.25, -0.2) is 0 Å². The third-order valence-electron chi connectivity index (χ3n) is 4.54. The Balaban J connectivity index is 1.91. The van der Waals surface area contributed by atoms with Crippen LogP contribution in [0, 0.1) is 0 Å². The molecule has 1 aromatic carbocycles. The lowest BCUT2D eigenvalue weighted by molar-refractivity contribution is 0.385. The highest BCUT2D eigenvalue weighted by atomic mass is 15.2. The summed E-state index contributed by atoms with van der Waals surface area (Å²) < 4.78 is 2.22. The van der Waals surface area contributed by atoms with Crippen LogP contribution in [0.3, 0.4) is 0 Å². The van der Waals surface area contributed by atoms with Gasteiger partial charge in [0.15, 0.2) is 0 Å². The average molecular weight is 257 g/mol. The normalized spacial score (nSPS) is 23.7. The van der Waals surface area contributed by atoms with Crippen LogP contribution in [0.25, 0.3) is 10.9 Å². The zero-order valence-electron chi connectivity index (χ0n) is 11.8. The van der Waals surface area contributed by atoms with Crippen molar-refractivity contribution in [1.29, 1.82) is 0 Å². The highest BCUT2D eigenvalue weighted by Gasteiger charge is 2.23. The minimum Gasteiger partial charge on any atom is -0.370 e. The Morgan fingerprint density at radius 2 is 1.84 bits per heavy atom. The topological polar surface area (TPSA) is 34.2 Å². The van der Waals surface area contributed by atoms with Gasteiger partial charge in [-0.05, 0) is 31.7 Å². The van der Waals surface area contributed by atoms with Gasteiger partial charge in [-0.1, -0.05) is 18.2 Å². The number of aromatic nitrogens is 1. The van der Waals surface area contributed by atoms with Crippen LogP contribution < -0.4 is 10.6 Å². The Hall–Kier alpha value is -1.48. The highest BCUT2D eigenvalue weighted by molar-refractivity contribution is 5.93. The van der Waals surface area contributed by atoms with Gasteiger partial charge in [0.2, 0.25) is 0 Å². The molecule has 3 rings (SSSR count). The van der Waals surface area contributed by atoms with Crippen molar-refractivity contribution in [2.45, 2.75) is 37.8 Å². The summed E-state index contributed by atoms with van der Waals surface area (Å²) in [5.74, 6) is 0. The van der Waals surface area contributed by atoms with E-state index >= 15 is 0 Å². The molecule has 0 bridgehead atoms. The van der Waals surface area contributed by atoms with Crippen LogP contribution in [0.2, 0.25) is 0 Å². The molecule has 1 aliphatic carbocycles. The largest absolute Gasteiger partial charge is 0.370 e. The number of nitrogens with zero attached hydrogens (tertiary/aromatic N) is 2. The molecule has 0 spiro atoms. The number of hydrogen-bond donors (Lipinski definition) is 1. The zero-order valence-corrected chi connectivity index (χ0v) is 11.8. The Morgan fingerprint density at radius 3 is 2.58 bits per heavy atom. The Labute approximate surface area is 115 Å². The lowest BCUT2D eigenvalue weighted by Gasteiger charge is -2.34. The van der Waals surface area contributed by atoms with Gasteiger partial charge in [-0.3, -0.25) is 0 Å². The number of aryl methyl sites for hydroxylation is 1. The van der Waals surface area contributed by atoms with E-state index in [4.69, 9.17) is 5.73 Å². The second-order valence-electron chi connectivity index (χ2n) is 5.82. The number of fused-ring (bicyclic) bond motifs is 1. The first-order chi connectivity index (χ1) is 9.16. The van der Waals surface area contributed by atoms with Crippen molar-refractivity contribution in [2.24, 2.45) is 12.8 Å². The van der Waals surface area contributed by atoms with E-state index in [2.05, 4.69) is 54.0 Å². The molecule has 0 atom stereocenters. The van der Waals surface area contributed by atoms with E-state index in [-0.39, 0.29) is 0 Å². The maximum atomic E-state index is 6.01. The molecule has 0 radical (unpaired) electrons. The smallest absolute Gasteiger partial charge is 0.0625 e. The Morgan fingerprint density at radius 1 is 1.16 bits per heavy atom. The lowest BCUT2D eigenvalue weighted by atomic mass is 9.91. The Kier molecular flexibility index (Phi) is 3.23. The maximum Gasteiger partial charge on any atom is 0.0625 e. The minimum absolute atomic E-state index is 0.414. The van der Waals surface area contributed by atoms with Crippen LogP contribution in [0.4, 0.5) is 5.69 Å². The standard InChI is InChI=1S/C16H23N3/c1-18-11-16(14-5-3-4-6-15(14)18)19(2)13-9-7-12(17)8-10-13/h3-6,11-13H,7-10,17H2,1-2H3. The molecule has 1 saturated carbocycles. The van der Waals surface area contributed by atoms with Crippen molar-refractivity contribution >= 4 is 16.6 Å². The third kappa shape index (κ3) is 2.23. The summed E-state index contributed by atoms with van der Waals surface area (Å²) in [5.41, 5.74) is 8.66. The Bertz CT molecular complexity index is 564. The van der Waals surface area contributed by atoms with Crippen molar-refractivity contribution in [3.05, 3.63) is 30.5 Å². The van der Waals surface area contributed by atoms with E-state index in [1.807, 2.05) is 0 Å². The molecule has 0 aliphatic heterocycles. The third-order valence-corrected chi connectivity index (χ3v) is 4.54. The van der Waals surface area contributed by atoms with Crippen LogP contribution in [-0.4, -0.2) is 23.7 Å². The maximum absolute atomic E-state index is 6.01.